The Labute approximate surface area is 142 Å². The summed E-state index contributed by atoms with van der Waals surface area (Å²) in [4.78, 5) is 12.3. The molecule has 0 aromatic heterocycles. The van der Waals surface area contributed by atoms with E-state index in [1.807, 2.05) is 6.07 Å². The molecule has 2 aromatic carbocycles. The van der Waals surface area contributed by atoms with Gasteiger partial charge in [-0.25, -0.2) is 0 Å². The van der Waals surface area contributed by atoms with Gasteiger partial charge in [-0.15, -0.1) is 12.4 Å². The number of hydrogen-bond donors (Lipinski definition) is 2. The molecule has 0 bridgehead atoms. The van der Waals surface area contributed by atoms with E-state index in [-0.39, 0.29) is 24.4 Å². The van der Waals surface area contributed by atoms with Crippen molar-refractivity contribution in [3.63, 3.8) is 0 Å². The first-order valence-electron chi connectivity index (χ1n) is 7.96. The van der Waals surface area contributed by atoms with E-state index < -0.39 is 0 Å². The molecule has 5 heteroatoms. The van der Waals surface area contributed by atoms with Gasteiger partial charge in [-0.2, -0.15) is 0 Å². The standard InChI is InChI=1S/C18H20N2O2.ClH/c21-17(10-14-11-22-9-8-19-14)20-16-7-6-13-5-4-12-2-1-3-15(16)18(12)13;/h1-3,6-7,14,19H,4-5,8-11H2,(H,20,21);1H. The quantitative estimate of drug-likeness (QED) is 0.908. The average Bonchev–Trinajstić information content (AvgIpc) is 2.96. The van der Waals surface area contributed by atoms with Crippen LogP contribution in [-0.2, 0) is 22.4 Å². The summed E-state index contributed by atoms with van der Waals surface area (Å²) in [6, 6.07) is 10.7. The highest BCUT2D eigenvalue weighted by Crippen LogP contribution is 2.35. The summed E-state index contributed by atoms with van der Waals surface area (Å²) in [7, 11) is 0. The molecule has 1 atom stereocenters. The number of morpholine rings is 1. The van der Waals surface area contributed by atoms with E-state index in [2.05, 4.69) is 34.9 Å². The van der Waals surface area contributed by atoms with Crippen molar-refractivity contribution in [3.05, 3.63) is 41.5 Å². The predicted molar refractivity (Wildman–Crippen MR) is 94.5 cm³/mol. The van der Waals surface area contributed by atoms with E-state index in [0.717, 1.165) is 37.1 Å². The van der Waals surface area contributed by atoms with Crippen LogP contribution in [0.3, 0.4) is 0 Å². The van der Waals surface area contributed by atoms with Crippen molar-refractivity contribution in [2.45, 2.75) is 25.3 Å². The van der Waals surface area contributed by atoms with Gasteiger partial charge in [0.1, 0.15) is 0 Å². The number of ether oxygens (including phenoxy) is 1. The number of amides is 1. The van der Waals surface area contributed by atoms with Crippen molar-refractivity contribution in [2.75, 3.05) is 25.1 Å². The Kier molecular flexibility index (Phi) is 4.85. The first-order chi connectivity index (χ1) is 10.8. The number of aryl methyl sites for hydroxylation is 2. The Morgan fingerprint density at radius 1 is 1.22 bits per heavy atom. The smallest absolute Gasteiger partial charge is 0.226 e. The summed E-state index contributed by atoms with van der Waals surface area (Å²) in [5.41, 5.74) is 3.71. The van der Waals surface area contributed by atoms with Crippen LogP contribution in [0.2, 0.25) is 0 Å². The SMILES string of the molecule is Cl.O=C(CC1COCCN1)Nc1ccc2c3c(cccc13)CC2. The topological polar surface area (TPSA) is 50.4 Å². The highest BCUT2D eigenvalue weighted by Gasteiger charge is 2.19. The number of carbonyl (C=O) groups excluding carboxylic acids is 1. The number of nitrogens with one attached hydrogen (secondary N) is 2. The van der Waals surface area contributed by atoms with Crippen LogP contribution in [0.15, 0.2) is 30.3 Å². The minimum Gasteiger partial charge on any atom is -0.378 e. The molecule has 122 valence electrons. The van der Waals surface area contributed by atoms with E-state index in [9.17, 15) is 4.79 Å². The average molecular weight is 333 g/mol. The zero-order chi connectivity index (χ0) is 14.9. The van der Waals surface area contributed by atoms with Gasteiger partial charge in [-0.1, -0.05) is 24.3 Å². The molecule has 1 aliphatic heterocycles. The summed E-state index contributed by atoms with van der Waals surface area (Å²) in [6.07, 6.45) is 2.66. The third kappa shape index (κ3) is 3.20. The maximum atomic E-state index is 12.3. The van der Waals surface area contributed by atoms with Crippen LogP contribution in [0.25, 0.3) is 10.8 Å². The maximum absolute atomic E-state index is 12.3. The fourth-order valence-corrected chi connectivity index (χ4v) is 3.53. The third-order valence-electron chi connectivity index (χ3n) is 4.58. The van der Waals surface area contributed by atoms with Crippen LogP contribution in [0, 0.1) is 0 Å². The number of benzene rings is 2. The number of rotatable bonds is 3. The second kappa shape index (κ2) is 6.87. The monoisotopic (exact) mass is 332 g/mol. The summed E-state index contributed by atoms with van der Waals surface area (Å²) in [6.45, 7) is 2.16. The van der Waals surface area contributed by atoms with Crippen LogP contribution in [-0.4, -0.2) is 31.7 Å². The molecule has 4 rings (SSSR count). The second-order valence-corrected chi connectivity index (χ2v) is 6.09. The van der Waals surface area contributed by atoms with Crippen LogP contribution in [0.5, 0.6) is 0 Å². The van der Waals surface area contributed by atoms with Gasteiger partial charge in [-0.05, 0) is 35.4 Å². The Morgan fingerprint density at radius 2 is 2.04 bits per heavy atom. The van der Waals surface area contributed by atoms with Gasteiger partial charge in [0.15, 0.2) is 0 Å². The molecule has 0 saturated carbocycles. The Morgan fingerprint density at radius 3 is 2.83 bits per heavy atom. The number of halogens is 1. The minimum absolute atomic E-state index is 0. The Hall–Kier alpha value is -1.62. The number of anilines is 1. The molecule has 4 nitrogen and oxygen atoms in total. The molecule has 0 radical (unpaired) electrons. The molecule has 2 aliphatic rings. The molecule has 0 spiro atoms. The highest BCUT2D eigenvalue weighted by molar-refractivity contribution is 6.05. The lowest BCUT2D eigenvalue weighted by Gasteiger charge is -2.23. The molecule has 1 aliphatic carbocycles. The molecule has 2 N–H and O–H groups in total. The van der Waals surface area contributed by atoms with Gasteiger partial charge in [0, 0.05) is 30.1 Å². The van der Waals surface area contributed by atoms with Crippen LogP contribution in [0.4, 0.5) is 5.69 Å². The van der Waals surface area contributed by atoms with E-state index in [0.29, 0.717) is 13.0 Å². The molecule has 1 amide bonds. The van der Waals surface area contributed by atoms with Crippen molar-refractivity contribution in [1.29, 1.82) is 0 Å². The molecule has 1 fully saturated rings. The van der Waals surface area contributed by atoms with Gasteiger partial charge in [0.2, 0.25) is 5.91 Å². The van der Waals surface area contributed by atoms with Gasteiger partial charge in [0.25, 0.3) is 0 Å². The van der Waals surface area contributed by atoms with E-state index in [1.54, 1.807) is 0 Å². The molecule has 23 heavy (non-hydrogen) atoms. The maximum Gasteiger partial charge on any atom is 0.226 e. The predicted octanol–water partition coefficient (Wildman–Crippen LogP) is 2.68. The van der Waals surface area contributed by atoms with Crippen molar-refractivity contribution in [1.82, 2.24) is 5.32 Å². The van der Waals surface area contributed by atoms with Gasteiger partial charge in [0.05, 0.1) is 13.2 Å². The van der Waals surface area contributed by atoms with Crippen LogP contribution < -0.4 is 10.6 Å². The molecular weight excluding hydrogens is 312 g/mol. The second-order valence-electron chi connectivity index (χ2n) is 6.09. The van der Waals surface area contributed by atoms with Crippen molar-refractivity contribution in [2.24, 2.45) is 0 Å². The zero-order valence-electron chi connectivity index (χ0n) is 12.9. The van der Waals surface area contributed by atoms with E-state index in [4.69, 9.17) is 4.74 Å². The molecule has 1 saturated heterocycles. The van der Waals surface area contributed by atoms with Crippen LogP contribution in [0.1, 0.15) is 17.5 Å². The summed E-state index contributed by atoms with van der Waals surface area (Å²) in [5.74, 6) is 0.0432. The normalized spacial score (nSPS) is 19.4. The molecule has 1 heterocycles. The highest BCUT2D eigenvalue weighted by atomic mass is 35.5. The third-order valence-corrected chi connectivity index (χ3v) is 4.58. The van der Waals surface area contributed by atoms with Crippen molar-refractivity contribution < 1.29 is 9.53 Å². The van der Waals surface area contributed by atoms with Gasteiger partial charge >= 0.3 is 0 Å². The number of hydrogen-bond acceptors (Lipinski definition) is 3. The lowest BCUT2D eigenvalue weighted by atomic mass is 10.0. The zero-order valence-corrected chi connectivity index (χ0v) is 13.7. The minimum atomic E-state index is 0. The van der Waals surface area contributed by atoms with Gasteiger partial charge in [-0.3, -0.25) is 4.79 Å². The fraction of sp³-hybridized carbons (Fsp3) is 0.389. The lowest BCUT2D eigenvalue weighted by Crippen LogP contribution is -2.43. The molecular formula is C18H21ClN2O2. The Bertz CT molecular complexity index is 716. The van der Waals surface area contributed by atoms with Crippen LogP contribution >= 0.6 is 12.4 Å². The first-order valence-corrected chi connectivity index (χ1v) is 7.96. The molecule has 1 unspecified atom stereocenters. The number of carbonyl (C=O) groups is 1. The van der Waals surface area contributed by atoms with Crippen molar-refractivity contribution in [3.8, 4) is 0 Å². The lowest BCUT2D eigenvalue weighted by molar-refractivity contribution is -0.117. The van der Waals surface area contributed by atoms with E-state index >= 15 is 0 Å². The van der Waals surface area contributed by atoms with Gasteiger partial charge < -0.3 is 15.4 Å². The Balaban J connectivity index is 0.00000156. The largest absolute Gasteiger partial charge is 0.378 e. The summed E-state index contributed by atoms with van der Waals surface area (Å²) >= 11 is 0. The fourth-order valence-electron chi connectivity index (χ4n) is 3.53. The van der Waals surface area contributed by atoms with Crippen molar-refractivity contribution >= 4 is 34.8 Å². The summed E-state index contributed by atoms with van der Waals surface area (Å²) in [5, 5.41) is 8.89. The molecule has 2 aromatic rings. The van der Waals surface area contributed by atoms with E-state index in [1.165, 1.54) is 16.5 Å². The first kappa shape index (κ1) is 16.2. The summed E-state index contributed by atoms with van der Waals surface area (Å²) < 4.78 is 5.40.